The van der Waals surface area contributed by atoms with Crippen molar-refractivity contribution in [1.82, 2.24) is 10.0 Å². The molecule has 106 valence electrons. The van der Waals surface area contributed by atoms with Gasteiger partial charge in [0, 0.05) is 16.1 Å². The third-order valence-corrected chi connectivity index (χ3v) is 5.14. The molecule has 2 atom stereocenters. The number of hydrogen-bond donors (Lipinski definition) is 2. The van der Waals surface area contributed by atoms with Crippen LogP contribution in [0.25, 0.3) is 0 Å². The van der Waals surface area contributed by atoms with Crippen LogP contribution in [-0.4, -0.2) is 27.5 Å². The summed E-state index contributed by atoms with van der Waals surface area (Å²) in [6, 6.07) is 4.25. The van der Waals surface area contributed by atoms with E-state index < -0.39 is 10.0 Å². The normalized spacial score (nSPS) is 24.4. The van der Waals surface area contributed by atoms with Crippen LogP contribution in [0.2, 0.25) is 10.0 Å². The average Bonchev–Trinajstić information content (AvgIpc) is 2.31. The van der Waals surface area contributed by atoms with Crippen LogP contribution in [0, 0.1) is 5.92 Å². The van der Waals surface area contributed by atoms with Gasteiger partial charge in [0.2, 0.25) is 10.0 Å². The molecule has 0 spiro atoms. The second kappa shape index (κ2) is 5.97. The number of nitrogens with one attached hydrogen (secondary N) is 2. The largest absolute Gasteiger partial charge is 0.316 e. The predicted molar refractivity (Wildman–Crippen MR) is 77.2 cm³/mol. The highest BCUT2D eigenvalue weighted by Gasteiger charge is 2.26. The maximum Gasteiger partial charge on any atom is 0.240 e. The topological polar surface area (TPSA) is 58.2 Å². The van der Waals surface area contributed by atoms with Crippen LogP contribution in [0.1, 0.15) is 13.3 Å². The summed E-state index contributed by atoms with van der Waals surface area (Å²) in [5.74, 6) is 0.248. The summed E-state index contributed by atoms with van der Waals surface area (Å²) in [6.45, 7) is 3.64. The molecule has 2 N–H and O–H groups in total. The van der Waals surface area contributed by atoms with Gasteiger partial charge >= 0.3 is 0 Å². The highest BCUT2D eigenvalue weighted by Crippen LogP contribution is 2.23. The van der Waals surface area contributed by atoms with Gasteiger partial charge in [0.05, 0.1) is 4.90 Å². The first-order chi connectivity index (χ1) is 8.88. The Labute approximate surface area is 123 Å². The van der Waals surface area contributed by atoms with Gasteiger partial charge in [-0.2, -0.15) is 0 Å². The van der Waals surface area contributed by atoms with Crippen LogP contribution in [0.15, 0.2) is 23.1 Å². The fourth-order valence-electron chi connectivity index (χ4n) is 2.14. The van der Waals surface area contributed by atoms with Crippen molar-refractivity contribution < 1.29 is 8.42 Å². The second-order valence-electron chi connectivity index (χ2n) is 4.80. The SMILES string of the molecule is CC1CNCCC1NS(=O)(=O)c1cc(Cl)cc(Cl)c1. The molecular weight excluding hydrogens is 307 g/mol. The first-order valence-corrected chi connectivity index (χ1v) is 8.31. The molecule has 0 bridgehead atoms. The molecule has 2 unspecified atom stereocenters. The highest BCUT2D eigenvalue weighted by molar-refractivity contribution is 7.89. The molecular formula is C12H16Cl2N2O2S. The van der Waals surface area contributed by atoms with E-state index >= 15 is 0 Å². The van der Waals surface area contributed by atoms with Crippen molar-refractivity contribution in [3.05, 3.63) is 28.2 Å². The first-order valence-electron chi connectivity index (χ1n) is 6.07. The van der Waals surface area contributed by atoms with Crippen molar-refractivity contribution in [2.24, 2.45) is 5.92 Å². The fourth-order valence-corrected chi connectivity index (χ4v) is 4.24. The van der Waals surface area contributed by atoms with E-state index in [1.165, 1.54) is 18.2 Å². The number of benzene rings is 1. The maximum absolute atomic E-state index is 12.3. The van der Waals surface area contributed by atoms with Crippen molar-refractivity contribution >= 4 is 33.2 Å². The van der Waals surface area contributed by atoms with Gasteiger partial charge < -0.3 is 5.32 Å². The minimum atomic E-state index is -3.58. The number of sulfonamides is 1. The molecule has 1 aromatic carbocycles. The van der Waals surface area contributed by atoms with E-state index in [9.17, 15) is 8.42 Å². The average molecular weight is 323 g/mol. The summed E-state index contributed by atoms with van der Waals surface area (Å²) in [7, 11) is -3.58. The molecule has 0 saturated carbocycles. The lowest BCUT2D eigenvalue weighted by atomic mass is 9.97. The van der Waals surface area contributed by atoms with Crippen molar-refractivity contribution in [3.63, 3.8) is 0 Å². The molecule has 7 heteroatoms. The van der Waals surface area contributed by atoms with Gasteiger partial charge in [-0.25, -0.2) is 13.1 Å². The first kappa shape index (κ1) is 15.1. The van der Waals surface area contributed by atoms with Gasteiger partial charge in [0.1, 0.15) is 0 Å². The Bertz CT molecular complexity index is 543. The molecule has 19 heavy (non-hydrogen) atoms. The molecule has 2 rings (SSSR count). The summed E-state index contributed by atoms with van der Waals surface area (Å²) < 4.78 is 27.3. The highest BCUT2D eigenvalue weighted by atomic mass is 35.5. The zero-order chi connectivity index (χ0) is 14.0. The van der Waals surface area contributed by atoms with Crippen LogP contribution in [0.4, 0.5) is 0 Å². The number of halogens is 2. The van der Waals surface area contributed by atoms with Crippen LogP contribution in [-0.2, 0) is 10.0 Å². The van der Waals surface area contributed by atoms with E-state index in [0.717, 1.165) is 19.5 Å². The Hall–Kier alpha value is -0.330. The minimum absolute atomic E-state index is 0.0657. The summed E-state index contributed by atoms with van der Waals surface area (Å²) in [4.78, 5) is 0.107. The molecule has 0 amide bonds. The van der Waals surface area contributed by atoms with Gasteiger partial charge in [-0.15, -0.1) is 0 Å². The quantitative estimate of drug-likeness (QED) is 0.897. The maximum atomic E-state index is 12.3. The Morgan fingerprint density at radius 1 is 1.26 bits per heavy atom. The van der Waals surface area contributed by atoms with Crippen molar-refractivity contribution in [1.29, 1.82) is 0 Å². The van der Waals surface area contributed by atoms with E-state index in [2.05, 4.69) is 10.0 Å². The van der Waals surface area contributed by atoms with Gasteiger partial charge in [-0.05, 0) is 43.6 Å². The van der Waals surface area contributed by atoms with E-state index in [1.807, 2.05) is 6.92 Å². The van der Waals surface area contributed by atoms with Crippen molar-refractivity contribution in [3.8, 4) is 0 Å². The lowest BCUT2D eigenvalue weighted by Gasteiger charge is -2.29. The van der Waals surface area contributed by atoms with Gasteiger partial charge in [-0.1, -0.05) is 30.1 Å². The van der Waals surface area contributed by atoms with Crippen molar-refractivity contribution in [2.75, 3.05) is 13.1 Å². The van der Waals surface area contributed by atoms with E-state index in [-0.39, 0.29) is 16.9 Å². The minimum Gasteiger partial charge on any atom is -0.316 e. The summed E-state index contributed by atoms with van der Waals surface area (Å²) >= 11 is 11.7. The van der Waals surface area contributed by atoms with E-state index in [1.54, 1.807) is 0 Å². The van der Waals surface area contributed by atoms with Gasteiger partial charge in [-0.3, -0.25) is 0 Å². The lowest BCUT2D eigenvalue weighted by Crippen LogP contribution is -2.48. The van der Waals surface area contributed by atoms with Crippen LogP contribution in [0.5, 0.6) is 0 Å². The molecule has 1 saturated heterocycles. The Morgan fingerprint density at radius 2 is 1.89 bits per heavy atom. The Kier molecular flexibility index (Phi) is 4.74. The Morgan fingerprint density at radius 3 is 2.47 bits per heavy atom. The number of hydrogen-bond acceptors (Lipinski definition) is 3. The van der Waals surface area contributed by atoms with Crippen LogP contribution in [0.3, 0.4) is 0 Å². The fraction of sp³-hybridized carbons (Fsp3) is 0.500. The molecule has 1 aliphatic rings. The molecule has 0 aromatic heterocycles. The molecule has 1 aliphatic heterocycles. The summed E-state index contributed by atoms with van der Waals surface area (Å²) in [5, 5.41) is 3.85. The molecule has 4 nitrogen and oxygen atoms in total. The van der Waals surface area contributed by atoms with Gasteiger partial charge in [0.25, 0.3) is 0 Å². The zero-order valence-electron chi connectivity index (χ0n) is 10.5. The third kappa shape index (κ3) is 3.83. The van der Waals surface area contributed by atoms with E-state index in [0.29, 0.717) is 10.0 Å². The Balaban J connectivity index is 2.22. The van der Waals surface area contributed by atoms with Crippen LogP contribution < -0.4 is 10.0 Å². The van der Waals surface area contributed by atoms with Crippen molar-refractivity contribution in [2.45, 2.75) is 24.3 Å². The smallest absolute Gasteiger partial charge is 0.240 e. The summed E-state index contributed by atoms with van der Waals surface area (Å²) in [5.41, 5.74) is 0. The summed E-state index contributed by atoms with van der Waals surface area (Å²) in [6.07, 6.45) is 0.773. The number of rotatable bonds is 3. The lowest BCUT2D eigenvalue weighted by molar-refractivity contribution is 0.328. The van der Waals surface area contributed by atoms with Gasteiger partial charge in [0.15, 0.2) is 0 Å². The third-order valence-electron chi connectivity index (χ3n) is 3.24. The van der Waals surface area contributed by atoms with E-state index in [4.69, 9.17) is 23.2 Å². The monoisotopic (exact) mass is 322 g/mol. The molecule has 1 aromatic rings. The van der Waals surface area contributed by atoms with Crippen LogP contribution >= 0.6 is 23.2 Å². The molecule has 1 fully saturated rings. The predicted octanol–water partition coefficient (Wildman–Crippen LogP) is 2.27. The standard InChI is InChI=1S/C12H16Cl2N2O2S/c1-8-7-15-3-2-12(8)16-19(17,18)11-5-9(13)4-10(14)6-11/h4-6,8,12,15-16H,2-3,7H2,1H3. The molecule has 0 radical (unpaired) electrons. The number of piperidine rings is 1. The molecule has 0 aliphatic carbocycles. The zero-order valence-corrected chi connectivity index (χ0v) is 12.8. The molecule has 1 heterocycles. The second-order valence-corrected chi connectivity index (χ2v) is 7.39.